The third kappa shape index (κ3) is 1.42. The van der Waals surface area contributed by atoms with Crippen molar-refractivity contribution in [2.75, 3.05) is 13.2 Å². The Kier molecular flexibility index (Phi) is 1.91. The SMILES string of the molecule is C1CC(=C2CC3CCC(C2)N3)CO1. The van der Waals surface area contributed by atoms with Gasteiger partial charge in [-0.15, -0.1) is 0 Å². The number of hydrogen-bond acceptors (Lipinski definition) is 2. The Balaban J connectivity index is 1.81. The molecule has 0 aromatic carbocycles. The second-order valence-corrected chi connectivity index (χ2v) is 4.56. The van der Waals surface area contributed by atoms with Crippen LogP contribution in [0.25, 0.3) is 0 Å². The van der Waals surface area contributed by atoms with Crippen LogP contribution < -0.4 is 5.32 Å². The van der Waals surface area contributed by atoms with Crippen LogP contribution in [-0.4, -0.2) is 25.3 Å². The lowest BCUT2D eigenvalue weighted by Gasteiger charge is -2.25. The first kappa shape index (κ1) is 8.01. The van der Waals surface area contributed by atoms with Gasteiger partial charge in [0.05, 0.1) is 13.2 Å². The summed E-state index contributed by atoms with van der Waals surface area (Å²) in [5.74, 6) is 0. The first-order valence-corrected chi connectivity index (χ1v) is 5.45. The fraction of sp³-hybridized carbons (Fsp3) is 0.818. The van der Waals surface area contributed by atoms with Gasteiger partial charge in [0, 0.05) is 12.1 Å². The number of rotatable bonds is 0. The van der Waals surface area contributed by atoms with Gasteiger partial charge in [0.2, 0.25) is 0 Å². The summed E-state index contributed by atoms with van der Waals surface area (Å²) in [4.78, 5) is 0. The standard InChI is InChI=1S/C11H17NO/c1-2-11-6-9(5-10(1)12-11)8-3-4-13-7-8/h10-12H,1-7H2. The molecular formula is C11H17NO. The minimum Gasteiger partial charge on any atom is -0.377 e. The molecule has 1 N–H and O–H groups in total. The zero-order chi connectivity index (χ0) is 8.67. The summed E-state index contributed by atoms with van der Waals surface area (Å²) in [7, 11) is 0. The smallest absolute Gasteiger partial charge is 0.0680 e. The van der Waals surface area contributed by atoms with Crippen LogP contribution in [0.4, 0.5) is 0 Å². The molecule has 3 heterocycles. The van der Waals surface area contributed by atoms with Crippen LogP contribution >= 0.6 is 0 Å². The van der Waals surface area contributed by atoms with Crippen LogP contribution in [0.2, 0.25) is 0 Å². The summed E-state index contributed by atoms with van der Waals surface area (Å²) in [5.41, 5.74) is 3.35. The molecule has 2 atom stereocenters. The molecule has 0 saturated carbocycles. The van der Waals surface area contributed by atoms with E-state index in [0.29, 0.717) is 0 Å². The maximum Gasteiger partial charge on any atom is 0.0680 e. The van der Waals surface area contributed by atoms with Gasteiger partial charge in [-0.25, -0.2) is 0 Å². The predicted octanol–water partition coefficient (Wildman–Crippen LogP) is 1.62. The summed E-state index contributed by atoms with van der Waals surface area (Å²) in [6.45, 7) is 1.89. The first-order valence-electron chi connectivity index (χ1n) is 5.45. The maximum atomic E-state index is 5.42. The number of fused-ring (bicyclic) bond motifs is 2. The molecule has 3 aliphatic heterocycles. The Labute approximate surface area is 79.3 Å². The minimum absolute atomic E-state index is 0.793. The molecule has 3 saturated heterocycles. The molecule has 0 amide bonds. The second kappa shape index (κ2) is 3.10. The molecule has 2 nitrogen and oxygen atoms in total. The van der Waals surface area contributed by atoms with Gasteiger partial charge in [0.1, 0.15) is 0 Å². The Bertz CT molecular complexity index is 224. The molecule has 0 aliphatic carbocycles. The van der Waals surface area contributed by atoms with Crippen molar-refractivity contribution in [1.82, 2.24) is 5.32 Å². The van der Waals surface area contributed by atoms with Crippen molar-refractivity contribution in [1.29, 1.82) is 0 Å². The molecule has 2 bridgehead atoms. The highest BCUT2D eigenvalue weighted by molar-refractivity contribution is 5.22. The van der Waals surface area contributed by atoms with Crippen molar-refractivity contribution < 1.29 is 4.74 Å². The maximum absolute atomic E-state index is 5.42. The van der Waals surface area contributed by atoms with Crippen LogP contribution in [0.1, 0.15) is 32.1 Å². The summed E-state index contributed by atoms with van der Waals surface area (Å²) >= 11 is 0. The van der Waals surface area contributed by atoms with E-state index in [-0.39, 0.29) is 0 Å². The minimum atomic E-state index is 0.793. The molecule has 3 fully saturated rings. The molecular weight excluding hydrogens is 162 g/mol. The lowest BCUT2D eigenvalue weighted by Crippen LogP contribution is -2.35. The topological polar surface area (TPSA) is 21.3 Å². The van der Waals surface area contributed by atoms with Gasteiger partial charge >= 0.3 is 0 Å². The quantitative estimate of drug-likeness (QED) is 0.570. The zero-order valence-corrected chi connectivity index (χ0v) is 8.01. The molecule has 13 heavy (non-hydrogen) atoms. The second-order valence-electron chi connectivity index (χ2n) is 4.56. The molecule has 0 spiro atoms. The number of ether oxygens (including phenoxy) is 1. The highest BCUT2D eigenvalue weighted by Crippen LogP contribution is 2.33. The first-order chi connectivity index (χ1) is 6.42. The van der Waals surface area contributed by atoms with Crippen LogP contribution in [0, 0.1) is 0 Å². The Morgan fingerprint density at radius 3 is 2.46 bits per heavy atom. The van der Waals surface area contributed by atoms with Crippen molar-refractivity contribution >= 4 is 0 Å². The van der Waals surface area contributed by atoms with Gasteiger partial charge in [0.15, 0.2) is 0 Å². The van der Waals surface area contributed by atoms with Crippen LogP contribution in [0.3, 0.4) is 0 Å². The highest BCUT2D eigenvalue weighted by Gasteiger charge is 2.31. The zero-order valence-electron chi connectivity index (χ0n) is 8.01. The van der Waals surface area contributed by atoms with E-state index in [4.69, 9.17) is 4.74 Å². The summed E-state index contributed by atoms with van der Waals surface area (Å²) in [6, 6.07) is 1.59. The van der Waals surface area contributed by atoms with Crippen molar-refractivity contribution in [3.8, 4) is 0 Å². The normalized spacial score (nSPS) is 38.8. The summed E-state index contributed by atoms with van der Waals surface area (Å²) < 4.78 is 5.42. The molecule has 0 aromatic heterocycles. The number of hydrogen-bond donors (Lipinski definition) is 1. The molecule has 3 aliphatic rings. The van der Waals surface area contributed by atoms with E-state index < -0.39 is 0 Å². The predicted molar refractivity (Wildman–Crippen MR) is 51.6 cm³/mol. The van der Waals surface area contributed by atoms with Crippen LogP contribution in [0.15, 0.2) is 11.1 Å². The van der Waals surface area contributed by atoms with Gasteiger partial charge in [-0.2, -0.15) is 0 Å². The van der Waals surface area contributed by atoms with Crippen molar-refractivity contribution in [3.05, 3.63) is 11.1 Å². The lowest BCUT2D eigenvalue weighted by molar-refractivity contribution is 0.204. The monoisotopic (exact) mass is 179 g/mol. The fourth-order valence-electron chi connectivity index (χ4n) is 2.93. The van der Waals surface area contributed by atoms with Gasteiger partial charge in [0.25, 0.3) is 0 Å². The number of piperidine rings is 1. The molecule has 3 rings (SSSR count). The van der Waals surface area contributed by atoms with E-state index in [0.717, 1.165) is 25.3 Å². The van der Waals surface area contributed by atoms with E-state index in [1.807, 2.05) is 0 Å². The van der Waals surface area contributed by atoms with Crippen molar-refractivity contribution in [2.24, 2.45) is 0 Å². The van der Waals surface area contributed by atoms with Gasteiger partial charge in [-0.1, -0.05) is 5.57 Å². The summed E-state index contributed by atoms with van der Waals surface area (Å²) in [6.07, 6.45) is 6.59. The molecule has 2 heteroatoms. The molecule has 72 valence electrons. The average molecular weight is 179 g/mol. The third-order valence-corrected chi connectivity index (χ3v) is 3.65. The molecule has 0 aromatic rings. The van der Waals surface area contributed by atoms with E-state index >= 15 is 0 Å². The van der Waals surface area contributed by atoms with Gasteiger partial charge < -0.3 is 10.1 Å². The fourth-order valence-corrected chi connectivity index (χ4v) is 2.93. The van der Waals surface area contributed by atoms with E-state index in [2.05, 4.69) is 5.32 Å². The molecule has 0 radical (unpaired) electrons. The largest absolute Gasteiger partial charge is 0.377 e. The van der Waals surface area contributed by atoms with Gasteiger partial charge in [-0.3, -0.25) is 0 Å². The molecule has 2 unspecified atom stereocenters. The van der Waals surface area contributed by atoms with Crippen molar-refractivity contribution in [3.63, 3.8) is 0 Å². The lowest BCUT2D eigenvalue weighted by atomic mass is 9.94. The Morgan fingerprint density at radius 2 is 1.85 bits per heavy atom. The van der Waals surface area contributed by atoms with E-state index in [1.165, 1.54) is 32.1 Å². The number of nitrogens with one attached hydrogen (secondary N) is 1. The highest BCUT2D eigenvalue weighted by atomic mass is 16.5. The van der Waals surface area contributed by atoms with Gasteiger partial charge in [-0.05, 0) is 37.7 Å². The van der Waals surface area contributed by atoms with Crippen LogP contribution in [-0.2, 0) is 4.74 Å². The van der Waals surface area contributed by atoms with E-state index in [9.17, 15) is 0 Å². The Hall–Kier alpha value is -0.340. The van der Waals surface area contributed by atoms with E-state index in [1.54, 1.807) is 11.1 Å². The summed E-state index contributed by atoms with van der Waals surface area (Å²) in [5, 5.41) is 3.67. The third-order valence-electron chi connectivity index (χ3n) is 3.65. The Morgan fingerprint density at radius 1 is 1.08 bits per heavy atom. The van der Waals surface area contributed by atoms with Crippen molar-refractivity contribution in [2.45, 2.75) is 44.2 Å². The van der Waals surface area contributed by atoms with Crippen LogP contribution in [0.5, 0.6) is 0 Å². The average Bonchev–Trinajstić information content (AvgIpc) is 2.75.